The Morgan fingerprint density at radius 1 is 1.52 bits per heavy atom. The Balaban J connectivity index is 2.74. The molecular formula is C19H28N4O2. The maximum atomic E-state index is 9.45. The minimum Gasteiger partial charge on any atom is -0.483 e. The Morgan fingerprint density at radius 3 is 2.92 bits per heavy atom. The molecule has 0 aliphatic heterocycles. The van der Waals surface area contributed by atoms with E-state index in [-0.39, 0.29) is 25.2 Å². The van der Waals surface area contributed by atoms with Crippen molar-refractivity contribution in [3.8, 4) is 5.75 Å². The van der Waals surface area contributed by atoms with E-state index in [0.717, 1.165) is 24.0 Å². The molecular weight excluding hydrogens is 316 g/mol. The van der Waals surface area contributed by atoms with Crippen LogP contribution in [0.5, 0.6) is 5.75 Å². The first-order chi connectivity index (χ1) is 12.0. The predicted molar refractivity (Wildman–Crippen MR) is 104 cm³/mol. The number of hydrogen-bond donors (Lipinski definition) is 3. The molecule has 0 aliphatic rings. The minimum atomic E-state index is -0.114. The van der Waals surface area contributed by atoms with E-state index in [2.05, 4.69) is 35.4 Å². The van der Waals surface area contributed by atoms with Crippen LogP contribution in [0.3, 0.4) is 0 Å². The third-order valence-corrected chi connectivity index (χ3v) is 3.40. The van der Waals surface area contributed by atoms with E-state index in [1.807, 2.05) is 25.2 Å². The summed E-state index contributed by atoms with van der Waals surface area (Å²) in [6, 6.07) is -0.114. The maximum absolute atomic E-state index is 9.45. The number of nitrogens with two attached hydrogens (primary N) is 1. The molecule has 0 aliphatic carbocycles. The summed E-state index contributed by atoms with van der Waals surface area (Å²) in [6.45, 7) is 12.0. The van der Waals surface area contributed by atoms with E-state index >= 15 is 0 Å². The average Bonchev–Trinajstić information content (AvgIpc) is 2.60. The third-order valence-electron chi connectivity index (χ3n) is 3.40. The largest absolute Gasteiger partial charge is 0.483 e. The molecule has 25 heavy (non-hydrogen) atoms. The van der Waals surface area contributed by atoms with Gasteiger partial charge in [-0.1, -0.05) is 56.4 Å². The molecule has 0 radical (unpaired) electrons. The molecule has 1 unspecified atom stereocenters. The molecule has 0 bridgehead atoms. The SMILES string of the molecule is C=C/C(C)=C/C=C\C(=C)COc1cnc(N)nc1NC(CO)CCC. The molecule has 0 saturated carbocycles. The predicted octanol–water partition coefficient (Wildman–Crippen LogP) is 3.26. The van der Waals surface area contributed by atoms with Gasteiger partial charge >= 0.3 is 0 Å². The first-order valence-corrected chi connectivity index (χ1v) is 8.28. The van der Waals surface area contributed by atoms with Gasteiger partial charge in [0.05, 0.1) is 18.8 Å². The van der Waals surface area contributed by atoms with Crippen molar-refractivity contribution in [2.75, 3.05) is 24.3 Å². The van der Waals surface area contributed by atoms with Crippen molar-refractivity contribution in [3.05, 3.63) is 54.8 Å². The lowest BCUT2D eigenvalue weighted by Gasteiger charge is -2.18. The lowest BCUT2D eigenvalue weighted by molar-refractivity contribution is 0.267. The van der Waals surface area contributed by atoms with Gasteiger partial charge in [-0.25, -0.2) is 4.98 Å². The van der Waals surface area contributed by atoms with Crippen LogP contribution in [0.4, 0.5) is 11.8 Å². The molecule has 1 aromatic heterocycles. The number of ether oxygens (including phenoxy) is 1. The van der Waals surface area contributed by atoms with Crippen molar-refractivity contribution in [1.82, 2.24) is 9.97 Å². The number of allylic oxidation sites excluding steroid dienone is 4. The maximum Gasteiger partial charge on any atom is 0.222 e. The number of aliphatic hydroxyl groups is 1. The summed E-state index contributed by atoms with van der Waals surface area (Å²) in [7, 11) is 0. The number of nitrogens with one attached hydrogen (secondary N) is 1. The molecule has 1 rings (SSSR count). The van der Waals surface area contributed by atoms with E-state index in [1.54, 1.807) is 6.08 Å². The van der Waals surface area contributed by atoms with Gasteiger partial charge in [0.15, 0.2) is 11.6 Å². The van der Waals surface area contributed by atoms with E-state index < -0.39 is 0 Å². The van der Waals surface area contributed by atoms with Crippen LogP contribution in [0.15, 0.2) is 54.8 Å². The van der Waals surface area contributed by atoms with Crippen LogP contribution in [-0.4, -0.2) is 34.3 Å². The van der Waals surface area contributed by atoms with Crippen LogP contribution in [0.1, 0.15) is 26.7 Å². The van der Waals surface area contributed by atoms with E-state index in [1.165, 1.54) is 6.20 Å². The van der Waals surface area contributed by atoms with Crippen molar-refractivity contribution in [1.29, 1.82) is 0 Å². The summed E-state index contributed by atoms with van der Waals surface area (Å²) in [5, 5.41) is 12.6. The van der Waals surface area contributed by atoms with Gasteiger partial charge < -0.3 is 20.9 Å². The highest BCUT2D eigenvalue weighted by Gasteiger charge is 2.13. The first-order valence-electron chi connectivity index (χ1n) is 8.28. The van der Waals surface area contributed by atoms with Crippen LogP contribution in [0.25, 0.3) is 0 Å². The molecule has 1 heterocycles. The van der Waals surface area contributed by atoms with Crippen LogP contribution in [0, 0.1) is 0 Å². The number of nitrogens with zero attached hydrogens (tertiary/aromatic N) is 2. The summed E-state index contributed by atoms with van der Waals surface area (Å²) in [5.41, 5.74) is 7.52. The smallest absolute Gasteiger partial charge is 0.222 e. The van der Waals surface area contributed by atoms with Crippen LogP contribution >= 0.6 is 0 Å². The quantitative estimate of drug-likeness (QED) is 0.534. The number of hydrogen-bond acceptors (Lipinski definition) is 6. The topological polar surface area (TPSA) is 93.3 Å². The summed E-state index contributed by atoms with van der Waals surface area (Å²) < 4.78 is 5.74. The van der Waals surface area contributed by atoms with E-state index in [4.69, 9.17) is 10.5 Å². The molecule has 6 nitrogen and oxygen atoms in total. The zero-order valence-electron chi connectivity index (χ0n) is 15.0. The van der Waals surface area contributed by atoms with Crippen molar-refractivity contribution in [2.45, 2.75) is 32.7 Å². The van der Waals surface area contributed by atoms with Gasteiger partial charge in [-0.15, -0.1) is 0 Å². The highest BCUT2D eigenvalue weighted by atomic mass is 16.5. The highest BCUT2D eigenvalue weighted by Crippen LogP contribution is 2.23. The third kappa shape index (κ3) is 7.67. The molecule has 0 spiro atoms. The second kappa shape index (κ2) is 11.0. The monoisotopic (exact) mass is 344 g/mol. The molecule has 1 aromatic rings. The fraction of sp³-hybridized carbons (Fsp3) is 0.368. The lowest BCUT2D eigenvalue weighted by atomic mass is 10.2. The molecule has 0 fully saturated rings. The number of rotatable bonds is 11. The molecule has 136 valence electrons. The van der Waals surface area contributed by atoms with Gasteiger partial charge in [0.2, 0.25) is 5.95 Å². The minimum absolute atomic E-state index is 0.00161. The lowest BCUT2D eigenvalue weighted by Crippen LogP contribution is -2.24. The standard InChI is InChI=1S/C19H28N4O2/c1-5-8-16(12-24)22-18-17(11-21-19(20)23-18)25-13-15(4)10-7-9-14(3)6-2/h6-7,9-11,16,24H,2,4-5,8,12-13H2,1,3H3,(H3,20,21,22,23)/b10-7-,14-9+. The van der Waals surface area contributed by atoms with Crippen molar-refractivity contribution in [2.24, 2.45) is 0 Å². The highest BCUT2D eigenvalue weighted by molar-refractivity contribution is 5.52. The Kier molecular flexibility index (Phi) is 9.03. The van der Waals surface area contributed by atoms with Crippen LogP contribution < -0.4 is 15.8 Å². The number of aliphatic hydroxyl groups excluding tert-OH is 1. The van der Waals surface area contributed by atoms with Gasteiger partial charge in [-0.05, 0) is 18.9 Å². The molecule has 6 heteroatoms. The molecule has 4 N–H and O–H groups in total. The van der Waals surface area contributed by atoms with Crippen molar-refractivity contribution < 1.29 is 9.84 Å². The number of anilines is 2. The van der Waals surface area contributed by atoms with Gasteiger partial charge in [0.25, 0.3) is 0 Å². The second-order valence-corrected chi connectivity index (χ2v) is 5.67. The Bertz CT molecular complexity index is 638. The molecule has 0 aromatic carbocycles. The van der Waals surface area contributed by atoms with Crippen LogP contribution in [-0.2, 0) is 0 Å². The Morgan fingerprint density at radius 2 is 2.28 bits per heavy atom. The number of aromatic nitrogens is 2. The Labute approximate surface area is 149 Å². The average molecular weight is 344 g/mol. The fourth-order valence-electron chi connectivity index (χ4n) is 1.97. The zero-order valence-corrected chi connectivity index (χ0v) is 15.0. The normalized spacial score (nSPS) is 12.8. The van der Waals surface area contributed by atoms with E-state index in [9.17, 15) is 5.11 Å². The summed E-state index contributed by atoms with van der Waals surface area (Å²) in [5.74, 6) is 1.09. The fourth-order valence-corrected chi connectivity index (χ4v) is 1.97. The van der Waals surface area contributed by atoms with Crippen molar-refractivity contribution in [3.63, 3.8) is 0 Å². The number of nitrogen functional groups attached to an aromatic ring is 1. The Hall–Kier alpha value is -2.60. The molecule has 1 atom stereocenters. The van der Waals surface area contributed by atoms with Gasteiger partial charge in [0.1, 0.15) is 6.61 Å². The van der Waals surface area contributed by atoms with Crippen molar-refractivity contribution >= 4 is 11.8 Å². The summed E-state index contributed by atoms with van der Waals surface area (Å²) in [4.78, 5) is 8.13. The van der Waals surface area contributed by atoms with Crippen LogP contribution in [0.2, 0.25) is 0 Å². The van der Waals surface area contributed by atoms with Gasteiger partial charge in [-0.3, -0.25) is 0 Å². The van der Waals surface area contributed by atoms with Gasteiger partial charge in [-0.2, -0.15) is 4.98 Å². The second-order valence-electron chi connectivity index (χ2n) is 5.67. The van der Waals surface area contributed by atoms with Gasteiger partial charge in [0, 0.05) is 0 Å². The zero-order chi connectivity index (χ0) is 18.7. The van der Waals surface area contributed by atoms with E-state index in [0.29, 0.717) is 11.6 Å². The summed E-state index contributed by atoms with van der Waals surface area (Å²) >= 11 is 0. The first kappa shape index (κ1) is 20.4. The summed E-state index contributed by atoms with van der Waals surface area (Å²) in [6.07, 6.45) is 10.7. The molecule has 0 amide bonds. The molecule has 0 saturated heterocycles.